The van der Waals surface area contributed by atoms with E-state index in [1.807, 2.05) is 19.9 Å². The first-order chi connectivity index (χ1) is 14.0. The summed E-state index contributed by atoms with van der Waals surface area (Å²) in [4.78, 5) is 11.9. The van der Waals surface area contributed by atoms with E-state index in [0.29, 0.717) is 6.42 Å². The highest BCUT2D eigenvalue weighted by atomic mass is 16.7. The highest BCUT2D eigenvalue weighted by Crippen LogP contribution is 2.58. The molecule has 4 nitrogen and oxygen atoms in total. The predicted molar refractivity (Wildman–Crippen MR) is 118 cm³/mol. The average molecular weight is 409 g/mol. The Balaban J connectivity index is 1.94. The van der Waals surface area contributed by atoms with Gasteiger partial charge in [-0.25, -0.2) is 0 Å². The maximum absolute atomic E-state index is 11.9. The fourth-order valence-corrected chi connectivity index (χ4v) is 5.22. The number of esters is 1. The summed E-state index contributed by atoms with van der Waals surface area (Å²) in [7, 11) is 0. The number of carbonyl (C=O) groups excluding carboxylic acids is 1. The smallest absolute Gasteiger partial charge is 0.306 e. The van der Waals surface area contributed by atoms with Crippen molar-refractivity contribution in [1.29, 1.82) is 0 Å². The fourth-order valence-electron chi connectivity index (χ4n) is 5.22. The first-order valence-corrected chi connectivity index (χ1v) is 12.1. The van der Waals surface area contributed by atoms with Gasteiger partial charge in [0.1, 0.15) is 0 Å². The summed E-state index contributed by atoms with van der Waals surface area (Å²) < 4.78 is 18.4. The van der Waals surface area contributed by atoms with Gasteiger partial charge in [0.15, 0.2) is 5.79 Å². The van der Waals surface area contributed by atoms with Crippen LogP contribution >= 0.6 is 0 Å². The van der Waals surface area contributed by atoms with Crippen LogP contribution in [0.4, 0.5) is 0 Å². The monoisotopic (exact) mass is 408 g/mol. The van der Waals surface area contributed by atoms with Crippen LogP contribution in [0, 0.1) is 5.41 Å². The molecule has 4 heteroatoms. The van der Waals surface area contributed by atoms with Gasteiger partial charge in [0.2, 0.25) is 0 Å². The number of rotatable bonds is 15. The largest absolute Gasteiger partial charge is 0.463 e. The molecule has 0 spiro atoms. The van der Waals surface area contributed by atoms with Gasteiger partial charge in [-0.3, -0.25) is 4.79 Å². The zero-order valence-corrected chi connectivity index (χ0v) is 19.2. The molecular formula is C25H44O4. The van der Waals surface area contributed by atoms with Crippen LogP contribution in [0.3, 0.4) is 0 Å². The maximum atomic E-state index is 11.9. The van der Waals surface area contributed by atoms with Crippen molar-refractivity contribution in [3.8, 4) is 0 Å². The number of ether oxygens (including phenoxy) is 3. The number of fused-ring (bicyclic) bond motifs is 1. The van der Waals surface area contributed by atoms with Crippen molar-refractivity contribution >= 4 is 5.97 Å². The Morgan fingerprint density at radius 1 is 1.10 bits per heavy atom. The van der Waals surface area contributed by atoms with E-state index in [-0.39, 0.29) is 23.6 Å². The van der Waals surface area contributed by atoms with E-state index >= 15 is 0 Å². The second-order valence-corrected chi connectivity index (χ2v) is 9.35. The van der Waals surface area contributed by atoms with E-state index in [0.717, 1.165) is 51.6 Å². The summed E-state index contributed by atoms with van der Waals surface area (Å²) >= 11 is 0. The van der Waals surface area contributed by atoms with Crippen molar-refractivity contribution < 1.29 is 19.0 Å². The minimum Gasteiger partial charge on any atom is -0.463 e. The molecule has 29 heavy (non-hydrogen) atoms. The molecule has 0 aromatic heterocycles. The van der Waals surface area contributed by atoms with Crippen LogP contribution in [-0.2, 0) is 19.0 Å². The average Bonchev–Trinajstić information content (AvgIpc) is 3.15. The Morgan fingerprint density at radius 2 is 1.86 bits per heavy atom. The molecule has 1 aliphatic heterocycles. The van der Waals surface area contributed by atoms with Crippen LogP contribution < -0.4 is 0 Å². The molecule has 1 saturated heterocycles. The third-order valence-corrected chi connectivity index (χ3v) is 6.68. The van der Waals surface area contributed by atoms with Gasteiger partial charge >= 0.3 is 5.97 Å². The zero-order valence-electron chi connectivity index (χ0n) is 19.2. The van der Waals surface area contributed by atoms with Crippen LogP contribution in [0.5, 0.6) is 0 Å². The van der Waals surface area contributed by atoms with E-state index in [9.17, 15) is 4.79 Å². The topological polar surface area (TPSA) is 44.8 Å². The summed E-state index contributed by atoms with van der Waals surface area (Å²) in [6.07, 6.45) is 17.1. The molecule has 0 aromatic carbocycles. The van der Waals surface area contributed by atoms with Crippen molar-refractivity contribution in [3.05, 3.63) is 12.7 Å². The quantitative estimate of drug-likeness (QED) is 0.171. The molecule has 2 aliphatic rings. The molecule has 0 bridgehead atoms. The summed E-state index contributed by atoms with van der Waals surface area (Å²) in [5, 5.41) is 0. The van der Waals surface area contributed by atoms with E-state index in [1.165, 1.54) is 38.5 Å². The van der Waals surface area contributed by atoms with Crippen LogP contribution in [0.1, 0.15) is 111 Å². The lowest BCUT2D eigenvalue weighted by Crippen LogP contribution is -2.45. The third kappa shape index (κ3) is 6.82. The number of hydrogen-bond donors (Lipinski definition) is 0. The van der Waals surface area contributed by atoms with Crippen LogP contribution in [0.25, 0.3) is 0 Å². The second kappa shape index (κ2) is 12.1. The van der Waals surface area contributed by atoms with E-state index in [2.05, 4.69) is 13.5 Å². The summed E-state index contributed by atoms with van der Waals surface area (Å²) in [5.41, 5.74) is 0.103. The van der Waals surface area contributed by atoms with Gasteiger partial charge in [0, 0.05) is 18.3 Å². The minimum absolute atomic E-state index is 0.0445. The lowest BCUT2D eigenvalue weighted by Gasteiger charge is -2.41. The number of hydrogen-bond acceptors (Lipinski definition) is 4. The Labute approximate surface area is 178 Å². The van der Waals surface area contributed by atoms with Gasteiger partial charge in [-0.15, -0.1) is 6.58 Å². The summed E-state index contributed by atoms with van der Waals surface area (Å²) in [6, 6.07) is 0. The van der Waals surface area contributed by atoms with E-state index in [4.69, 9.17) is 14.2 Å². The zero-order chi connectivity index (χ0) is 21.2. The highest BCUT2D eigenvalue weighted by molar-refractivity contribution is 5.69. The van der Waals surface area contributed by atoms with Gasteiger partial charge in [-0.1, -0.05) is 45.1 Å². The first-order valence-electron chi connectivity index (χ1n) is 12.1. The predicted octanol–water partition coefficient (Wildman–Crippen LogP) is 6.72. The second-order valence-electron chi connectivity index (χ2n) is 9.35. The molecule has 0 aromatic rings. The standard InChI is InChI=1S/C25H44O4/c1-5-7-8-9-10-13-22(14-11-15-23(26)28-21(3)4)29-25-18-12-17-24(25,16-6-2)19-20-27-25/h6,21-22H,2,5,7-20H2,1,3-4H3/t22-,24-,25+/m0/s1. The molecule has 1 aliphatic carbocycles. The molecule has 0 N–H and O–H groups in total. The van der Waals surface area contributed by atoms with E-state index < -0.39 is 5.79 Å². The molecule has 2 fully saturated rings. The SMILES string of the molecule is C=CC[C@@]12CCC[C@]1(O[C@@H](CCCCCCC)CCCC(=O)OC(C)C)OCC2. The Hall–Kier alpha value is -0.870. The van der Waals surface area contributed by atoms with Gasteiger partial charge in [0.25, 0.3) is 0 Å². The summed E-state index contributed by atoms with van der Waals surface area (Å²) in [5.74, 6) is -0.535. The maximum Gasteiger partial charge on any atom is 0.306 e. The van der Waals surface area contributed by atoms with Gasteiger partial charge in [-0.2, -0.15) is 0 Å². The first kappa shape index (κ1) is 24.4. The van der Waals surface area contributed by atoms with Crippen LogP contribution in [0.15, 0.2) is 12.7 Å². The van der Waals surface area contributed by atoms with Crippen LogP contribution in [0.2, 0.25) is 0 Å². The number of allylic oxidation sites excluding steroid dienone is 1. The summed E-state index contributed by atoms with van der Waals surface area (Å²) in [6.45, 7) is 10.8. The van der Waals surface area contributed by atoms with Crippen LogP contribution in [-0.4, -0.2) is 30.6 Å². The molecular weight excluding hydrogens is 364 g/mol. The molecule has 0 radical (unpaired) electrons. The van der Waals surface area contributed by atoms with Gasteiger partial charge in [-0.05, 0) is 58.8 Å². The number of carbonyl (C=O) groups is 1. The third-order valence-electron chi connectivity index (χ3n) is 6.68. The number of unbranched alkanes of at least 4 members (excludes halogenated alkanes) is 4. The Bertz CT molecular complexity index is 489. The van der Waals surface area contributed by atoms with Gasteiger partial charge in [0.05, 0.1) is 18.8 Å². The van der Waals surface area contributed by atoms with E-state index in [1.54, 1.807) is 0 Å². The fraction of sp³-hybridized carbons (Fsp3) is 0.880. The molecule has 3 atom stereocenters. The lowest BCUT2D eigenvalue weighted by atomic mass is 9.77. The van der Waals surface area contributed by atoms with Crippen molar-refractivity contribution in [3.63, 3.8) is 0 Å². The molecule has 0 amide bonds. The molecule has 168 valence electrons. The minimum atomic E-state index is -0.437. The Kier molecular flexibility index (Phi) is 10.2. The molecule has 2 rings (SSSR count). The molecule has 0 unspecified atom stereocenters. The normalized spacial score (nSPS) is 27.2. The molecule has 1 heterocycles. The highest BCUT2D eigenvalue weighted by Gasteiger charge is 2.60. The van der Waals surface area contributed by atoms with Crippen molar-refractivity contribution in [2.24, 2.45) is 5.41 Å². The van der Waals surface area contributed by atoms with Crippen molar-refractivity contribution in [2.45, 2.75) is 129 Å². The Morgan fingerprint density at radius 3 is 2.59 bits per heavy atom. The van der Waals surface area contributed by atoms with Crippen molar-refractivity contribution in [1.82, 2.24) is 0 Å². The van der Waals surface area contributed by atoms with Crippen molar-refractivity contribution in [2.75, 3.05) is 6.61 Å². The molecule has 1 saturated carbocycles. The van der Waals surface area contributed by atoms with Gasteiger partial charge < -0.3 is 14.2 Å². The lowest BCUT2D eigenvalue weighted by molar-refractivity contribution is -0.270.